The molecule has 130 valence electrons. The third kappa shape index (κ3) is 4.19. The van der Waals surface area contributed by atoms with Crippen molar-refractivity contribution in [1.29, 1.82) is 0 Å². The summed E-state index contributed by atoms with van der Waals surface area (Å²) in [7, 11) is -7.31. The van der Waals surface area contributed by atoms with Crippen molar-refractivity contribution in [2.45, 2.75) is 42.1 Å². The number of hydrogen-bond acceptors (Lipinski definition) is 6. The van der Waals surface area contributed by atoms with Crippen LogP contribution in [-0.2, 0) is 26.6 Å². The highest BCUT2D eigenvalue weighted by atomic mass is 32.2. The Morgan fingerprint density at radius 3 is 2.17 bits per heavy atom. The Labute approximate surface area is 145 Å². The van der Waals surface area contributed by atoms with E-state index in [0.29, 0.717) is 5.01 Å². The van der Waals surface area contributed by atoms with Crippen LogP contribution in [0, 0.1) is 6.92 Å². The summed E-state index contributed by atoms with van der Waals surface area (Å²) in [5.41, 5.74) is 0.840. The molecule has 2 N–H and O–H groups in total. The number of thiazole rings is 1. The molecule has 0 amide bonds. The molecule has 24 heavy (non-hydrogen) atoms. The smallest absolute Gasteiger partial charge is 0.240 e. The Balaban J connectivity index is 1.71. The van der Waals surface area contributed by atoms with Crippen LogP contribution in [0.4, 0.5) is 0 Å². The molecule has 0 atom stereocenters. The second-order valence-corrected chi connectivity index (χ2v) is 10.00. The lowest BCUT2D eigenvalue weighted by atomic mass is 10.4. The normalized spacial score (nSPS) is 15.5. The summed E-state index contributed by atoms with van der Waals surface area (Å²) in [6.07, 6.45) is 1.68. The third-order valence-corrected chi connectivity index (χ3v) is 7.34. The van der Waals surface area contributed by atoms with Gasteiger partial charge in [-0.3, -0.25) is 0 Å². The standard InChI is InChI=1S/C14H17N3O4S3/c1-10-9-22-14(16-10)8-15-23(18,19)12-4-6-13(7-5-12)24(20,21)17-11-2-3-11/h4-7,9,11,15,17H,2-3,8H2,1H3. The first-order valence-corrected chi connectivity index (χ1v) is 11.1. The summed E-state index contributed by atoms with van der Waals surface area (Å²) in [4.78, 5) is 4.27. The number of nitrogens with one attached hydrogen (secondary N) is 2. The van der Waals surface area contributed by atoms with Crippen molar-refractivity contribution in [3.63, 3.8) is 0 Å². The molecule has 1 heterocycles. The van der Waals surface area contributed by atoms with Gasteiger partial charge in [-0.25, -0.2) is 31.3 Å². The molecule has 2 aromatic rings. The van der Waals surface area contributed by atoms with Gasteiger partial charge in [-0.1, -0.05) is 0 Å². The summed E-state index contributed by atoms with van der Waals surface area (Å²) in [6, 6.07) is 5.18. The molecule has 10 heteroatoms. The number of nitrogens with zero attached hydrogens (tertiary/aromatic N) is 1. The summed E-state index contributed by atoms with van der Waals surface area (Å²) in [6.45, 7) is 1.94. The van der Waals surface area contributed by atoms with Crippen LogP contribution in [0.1, 0.15) is 23.5 Å². The maximum Gasteiger partial charge on any atom is 0.240 e. The second kappa shape index (κ2) is 6.52. The molecule has 1 saturated carbocycles. The van der Waals surface area contributed by atoms with Crippen LogP contribution < -0.4 is 9.44 Å². The second-order valence-electron chi connectivity index (χ2n) is 5.57. The van der Waals surface area contributed by atoms with Gasteiger partial charge in [0.1, 0.15) is 5.01 Å². The number of rotatable bonds is 7. The predicted octanol–water partition coefficient (Wildman–Crippen LogP) is 1.37. The Kier molecular flexibility index (Phi) is 4.76. The van der Waals surface area contributed by atoms with Crippen molar-refractivity contribution in [1.82, 2.24) is 14.4 Å². The van der Waals surface area contributed by atoms with E-state index in [1.54, 1.807) is 0 Å². The van der Waals surface area contributed by atoms with Gasteiger partial charge in [0.2, 0.25) is 20.0 Å². The van der Waals surface area contributed by atoms with Gasteiger partial charge < -0.3 is 0 Å². The number of hydrogen-bond donors (Lipinski definition) is 2. The van der Waals surface area contributed by atoms with Gasteiger partial charge in [-0.05, 0) is 44.0 Å². The van der Waals surface area contributed by atoms with Crippen LogP contribution in [0.5, 0.6) is 0 Å². The zero-order valence-corrected chi connectivity index (χ0v) is 15.3. The molecule has 0 aliphatic heterocycles. The highest BCUT2D eigenvalue weighted by Gasteiger charge is 2.28. The Bertz CT molecular complexity index is 930. The van der Waals surface area contributed by atoms with Crippen LogP contribution in [0.15, 0.2) is 39.4 Å². The fourth-order valence-corrected chi connectivity index (χ4v) is 5.11. The molecule has 0 unspecified atom stereocenters. The maximum absolute atomic E-state index is 12.3. The van der Waals surface area contributed by atoms with Crippen molar-refractivity contribution in [2.24, 2.45) is 0 Å². The average molecular weight is 388 g/mol. The van der Waals surface area contributed by atoms with Crippen molar-refractivity contribution >= 4 is 31.4 Å². The lowest BCUT2D eigenvalue weighted by Crippen LogP contribution is -2.26. The van der Waals surface area contributed by atoms with E-state index in [4.69, 9.17) is 0 Å². The summed E-state index contributed by atoms with van der Waals surface area (Å²) in [5.74, 6) is 0. The van der Waals surface area contributed by atoms with Gasteiger partial charge in [0.15, 0.2) is 0 Å². The van der Waals surface area contributed by atoms with E-state index in [9.17, 15) is 16.8 Å². The molecule has 1 aromatic carbocycles. The third-order valence-electron chi connectivity index (χ3n) is 3.42. The summed E-state index contributed by atoms with van der Waals surface area (Å²) in [5, 5.41) is 2.51. The molecule has 0 saturated heterocycles. The zero-order valence-electron chi connectivity index (χ0n) is 12.9. The number of benzene rings is 1. The lowest BCUT2D eigenvalue weighted by molar-refractivity contribution is 0.577. The molecule has 0 bridgehead atoms. The van der Waals surface area contributed by atoms with Gasteiger partial charge in [0.25, 0.3) is 0 Å². The first-order chi connectivity index (χ1) is 11.3. The molecule has 1 aromatic heterocycles. The van der Waals surface area contributed by atoms with E-state index in [-0.39, 0.29) is 22.4 Å². The van der Waals surface area contributed by atoms with E-state index in [0.717, 1.165) is 18.5 Å². The largest absolute Gasteiger partial charge is 0.245 e. The number of aromatic nitrogens is 1. The molecule has 1 aliphatic rings. The number of sulfonamides is 2. The minimum atomic E-state index is -3.72. The Hall–Kier alpha value is -1.33. The molecule has 1 aliphatic carbocycles. The highest BCUT2D eigenvalue weighted by molar-refractivity contribution is 7.90. The van der Waals surface area contributed by atoms with Crippen molar-refractivity contribution in [3.05, 3.63) is 40.3 Å². The molecule has 0 radical (unpaired) electrons. The van der Waals surface area contributed by atoms with Crippen LogP contribution in [0.3, 0.4) is 0 Å². The van der Waals surface area contributed by atoms with E-state index in [1.165, 1.54) is 35.6 Å². The van der Waals surface area contributed by atoms with Crippen LogP contribution in [0.25, 0.3) is 0 Å². The molecule has 3 rings (SSSR count). The van der Waals surface area contributed by atoms with Crippen molar-refractivity contribution < 1.29 is 16.8 Å². The van der Waals surface area contributed by atoms with Gasteiger partial charge in [-0.15, -0.1) is 11.3 Å². The zero-order chi connectivity index (χ0) is 17.4. The molecule has 7 nitrogen and oxygen atoms in total. The SMILES string of the molecule is Cc1csc(CNS(=O)(=O)c2ccc(S(=O)(=O)NC3CC3)cc2)n1. The highest BCUT2D eigenvalue weighted by Crippen LogP contribution is 2.22. The summed E-state index contributed by atoms with van der Waals surface area (Å²) < 4.78 is 53.7. The quantitative estimate of drug-likeness (QED) is 0.746. The fraction of sp³-hybridized carbons (Fsp3) is 0.357. The van der Waals surface area contributed by atoms with Crippen LogP contribution in [-0.4, -0.2) is 27.9 Å². The fourth-order valence-electron chi connectivity index (χ4n) is 2.01. The van der Waals surface area contributed by atoms with Crippen molar-refractivity contribution in [2.75, 3.05) is 0 Å². The van der Waals surface area contributed by atoms with Gasteiger partial charge in [0.05, 0.1) is 16.3 Å². The van der Waals surface area contributed by atoms with Crippen molar-refractivity contribution in [3.8, 4) is 0 Å². The van der Waals surface area contributed by atoms with Crippen LogP contribution in [0.2, 0.25) is 0 Å². The van der Waals surface area contributed by atoms with Gasteiger partial charge in [-0.2, -0.15) is 0 Å². The Morgan fingerprint density at radius 1 is 1.08 bits per heavy atom. The summed E-state index contributed by atoms with van der Waals surface area (Å²) >= 11 is 1.38. The van der Waals surface area contributed by atoms with E-state index >= 15 is 0 Å². The average Bonchev–Trinajstić information content (AvgIpc) is 3.23. The molecule has 0 spiro atoms. The van der Waals surface area contributed by atoms with Crippen LogP contribution >= 0.6 is 11.3 Å². The topological polar surface area (TPSA) is 105 Å². The van der Waals surface area contributed by atoms with Gasteiger partial charge >= 0.3 is 0 Å². The van der Waals surface area contributed by atoms with E-state index in [1.807, 2.05) is 12.3 Å². The first kappa shape index (κ1) is 17.5. The van der Waals surface area contributed by atoms with Gasteiger partial charge in [0, 0.05) is 17.1 Å². The predicted molar refractivity (Wildman–Crippen MR) is 90.7 cm³/mol. The molecule has 1 fully saturated rings. The lowest BCUT2D eigenvalue weighted by Gasteiger charge is -2.08. The Morgan fingerprint density at radius 2 is 1.67 bits per heavy atom. The minimum Gasteiger partial charge on any atom is -0.245 e. The maximum atomic E-state index is 12.3. The van der Waals surface area contributed by atoms with E-state index < -0.39 is 20.0 Å². The monoisotopic (exact) mass is 387 g/mol. The van der Waals surface area contributed by atoms with E-state index in [2.05, 4.69) is 14.4 Å². The number of aryl methyl sites for hydroxylation is 1. The minimum absolute atomic E-state index is 0.00169. The molecular weight excluding hydrogens is 370 g/mol. The molecular formula is C14H17N3O4S3. The first-order valence-electron chi connectivity index (χ1n) is 7.29.